The summed E-state index contributed by atoms with van der Waals surface area (Å²) in [5.74, 6) is -1.44. The van der Waals surface area contributed by atoms with Gasteiger partial charge < -0.3 is 10.4 Å². The lowest BCUT2D eigenvalue weighted by Gasteiger charge is -2.26. The smallest absolute Gasteiger partial charge is 0.261 e. The first-order valence-corrected chi connectivity index (χ1v) is 6.89. The molecule has 3 amide bonds. The third-order valence-corrected chi connectivity index (χ3v) is 3.59. The summed E-state index contributed by atoms with van der Waals surface area (Å²) in [7, 11) is 0. The zero-order chi connectivity index (χ0) is 15.7. The minimum atomic E-state index is -0.484. The Morgan fingerprint density at radius 1 is 1.05 bits per heavy atom. The maximum atomic E-state index is 12.5. The van der Waals surface area contributed by atoms with Crippen LogP contribution >= 0.6 is 0 Å². The molecule has 0 aromatic heterocycles. The molecule has 0 radical (unpaired) electrons. The molecular weight excluding hydrogens is 284 g/mol. The summed E-state index contributed by atoms with van der Waals surface area (Å²) in [5, 5.41) is 12.6. The van der Waals surface area contributed by atoms with E-state index in [1.807, 2.05) is 12.1 Å². The maximum Gasteiger partial charge on any atom is 0.261 e. The van der Waals surface area contributed by atoms with Gasteiger partial charge in [0.1, 0.15) is 6.54 Å². The van der Waals surface area contributed by atoms with Crippen molar-refractivity contribution in [3.8, 4) is 0 Å². The molecule has 2 N–H and O–H groups in total. The zero-order valence-electron chi connectivity index (χ0n) is 11.7. The summed E-state index contributed by atoms with van der Waals surface area (Å²) >= 11 is 0. The van der Waals surface area contributed by atoms with E-state index in [-0.39, 0.29) is 19.7 Å². The molecule has 1 aliphatic heterocycles. The number of rotatable bonds is 4. The number of imide groups is 1. The van der Waals surface area contributed by atoms with Gasteiger partial charge in [0, 0.05) is 23.1 Å². The average Bonchev–Trinajstić information content (AvgIpc) is 2.54. The number of hydrogen-bond donors (Lipinski definition) is 2. The van der Waals surface area contributed by atoms with Crippen molar-refractivity contribution in [3.63, 3.8) is 0 Å². The topological polar surface area (TPSA) is 86.7 Å². The molecule has 3 rings (SSSR count). The highest BCUT2D eigenvalue weighted by Gasteiger charge is 2.33. The fraction of sp³-hybridized carbons (Fsp3) is 0.188. The largest absolute Gasteiger partial charge is 0.395 e. The summed E-state index contributed by atoms with van der Waals surface area (Å²) in [6, 6.07) is 10.5. The van der Waals surface area contributed by atoms with E-state index in [2.05, 4.69) is 5.32 Å². The van der Waals surface area contributed by atoms with Gasteiger partial charge in [-0.3, -0.25) is 19.3 Å². The van der Waals surface area contributed by atoms with Crippen molar-refractivity contribution in [3.05, 3.63) is 47.5 Å². The van der Waals surface area contributed by atoms with Gasteiger partial charge in [-0.05, 0) is 17.5 Å². The van der Waals surface area contributed by atoms with Crippen LogP contribution in [-0.2, 0) is 4.79 Å². The lowest BCUT2D eigenvalue weighted by molar-refractivity contribution is -0.121. The van der Waals surface area contributed by atoms with E-state index in [9.17, 15) is 14.4 Å². The molecule has 0 spiro atoms. The van der Waals surface area contributed by atoms with Gasteiger partial charge in [-0.2, -0.15) is 0 Å². The summed E-state index contributed by atoms with van der Waals surface area (Å²) < 4.78 is 0. The Kier molecular flexibility index (Phi) is 3.60. The molecule has 0 fully saturated rings. The number of nitrogens with zero attached hydrogens (tertiary/aromatic N) is 1. The molecule has 6 nitrogen and oxygen atoms in total. The molecule has 112 valence electrons. The first-order chi connectivity index (χ1) is 10.6. The Morgan fingerprint density at radius 3 is 2.18 bits per heavy atom. The van der Waals surface area contributed by atoms with E-state index in [0.29, 0.717) is 16.5 Å². The Hall–Kier alpha value is -2.73. The second-order valence-corrected chi connectivity index (χ2v) is 4.98. The van der Waals surface area contributed by atoms with Gasteiger partial charge in [-0.25, -0.2) is 0 Å². The number of benzene rings is 2. The summed E-state index contributed by atoms with van der Waals surface area (Å²) in [6.45, 7) is -0.473. The third kappa shape index (κ3) is 2.23. The van der Waals surface area contributed by atoms with Crippen LogP contribution in [0.1, 0.15) is 20.7 Å². The zero-order valence-corrected chi connectivity index (χ0v) is 11.7. The van der Waals surface area contributed by atoms with Gasteiger partial charge in [0.15, 0.2) is 0 Å². The second-order valence-electron chi connectivity index (χ2n) is 4.98. The minimum Gasteiger partial charge on any atom is -0.395 e. The first-order valence-electron chi connectivity index (χ1n) is 6.89. The van der Waals surface area contributed by atoms with Gasteiger partial charge >= 0.3 is 0 Å². The Labute approximate surface area is 126 Å². The molecule has 0 aliphatic carbocycles. The van der Waals surface area contributed by atoms with Crippen molar-refractivity contribution >= 4 is 28.5 Å². The SMILES string of the molecule is O=C(CN1C(=O)c2cccc3cccc(c23)C1=O)NCCO. The average molecular weight is 298 g/mol. The monoisotopic (exact) mass is 298 g/mol. The van der Waals surface area contributed by atoms with Crippen molar-refractivity contribution in [1.82, 2.24) is 10.2 Å². The highest BCUT2D eigenvalue weighted by Crippen LogP contribution is 2.29. The fourth-order valence-corrected chi connectivity index (χ4v) is 2.62. The van der Waals surface area contributed by atoms with Gasteiger partial charge in [-0.1, -0.05) is 24.3 Å². The number of carbonyl (C=O) groups is 3. The van der Waals surface area contributed by atoms with Crippen molar-refractivity contribution in [2.24, 2.45) is 0 Å². The van der Waals surface area contributed by atoms with E-state index < -0.39 is 17.7 Å². The van der Waals surface area contributed by atoms with Crippen molar-refractivity contribution in [1.29, 1.82) is 0 Å². The van der Waals surface area contributed by atoms with E-state index >= 15 is 0 Å². The van der Waals surface area contributed by atoms with Crippen LogP contribution < -0.4 is 5.32 Å². The van der Waals surface area contributed by atoms with E-state index in [1.54, 1.807) is 24.3 Å². The molecule has 6 heteroatoms. The van der Waals surface area contributed by atoms with Gasteiger partial charge in [0.2, 0.25) is 5.91 Å². The number of hydrogen-bond acceptors (Lipinski definition) is 4. The molecule has 2 aromatic carbocycles. The molecule has 22 heavy (non-hydrogen) atoms. The number of amides is 3. The second kappa shape index (κ2) is 5.57. The van der Waals surface area contributed by atoms with E-state index in [4.69, 9.17) is 5.11 Å². The molecule has 2 aromatic rings. The van der Waals surface area contributed by atoms with Gasteiger partial charge in [-0.15, -0.1) is 0 Å². The predicted octanol–water partition coefficient (Wildman–Crippen LogP) is 0.544. The van der Waals surface area contributed by atoms with Crippen LogP contribution in [0, 0.1) is 0 Å². The van der Waals surface area contributed by atoms with Crippen molar-refractivity contribution in [2.75, 3.05) is 19.7 Å². The summed E-state index contributed by atoms with van der Waals surface area (Å²) in [6.07, 6.45) is 0. The van der Waals surface area contributed by atoms with Crippen LogP contribution in [-0.4, -0.2) is 47.4 Å². The molecular formula is C16H14N2O4. The maximum absolute atomic E-state index is 12.5. The lowest BCUT2D eigenvalue weighted by Crippen LogP contribution is -2.46. The summed E-state index contributed by atoms with van der Waals surface area (Å²) in [5.41, 5.74) is 0.838. The molecule has 1 aliphatic rings. The summed E-state index contributed by atoms with van der Waals surface area (Å²) in [4.78, 5) is 37.7. The highest BCUT2D eigenvalue weighted by atomic mass is 16.3. The van der Waals surface area contributed by atoms with Crippen molar-refractivity contribution in [2.45, 2.75) is 0 Å². The Balaban J connectivity index is 1.99. The molecule has 0 atom stereocenters. The molecule has 0 bridgehead atoms. The number of carbonyl (C=O) groups excluding carboxylic acids is 3. The van der Waals surface area contributed by atoms with Gasteiger partial charge in [0.05, 0.1) is 6.61 Å². The fourth-order valence-electron chi connectivity index (χ4n) is 2.62. The normalized spacial score (nSPS) is 13.6. The Bertz CT molecular complexity index is 734. The molecule has 0 saturated heterocycles. The predicted molar refractivity (Wildman–Crippen MR) is 79.4 cm³/mol. The number of aliphatic hydroxyl groups is 1. The first kappa shape index (κ1) is 14.2. The van der Waals surface area contributed by atoms with E-state index in [0.717, 1.165) is 10.3 Å². The lowest BCUT2D eigenvalue weighted by atomic mass is 9.94. The van der Waals surface area contributed by atoms with Crippen LogP contribution in [0.4, 0.5) is 0 Å². The molecule has 0 saturated carbocycles. The quantitative estimate of drug-likeness (QED) is 0.807. The van der Waals surface area contributed by atoms with Crippen LogP contribution in [0.25, 0.3) is 10.8 Å². The molecule has 1 heterocycles. The van der Waals surface area contributed by atoms with E-state index in [1.165, 1.54) is 0 Å². The van der Waals surface area contributed by atoms with Crippen LogP contribution in [0.15, 0.2) is 36.4 Å². The van der Waals surface area contributed by atoms with Crippen LogP contribution in [0.5, 0.6) is 0 Å². The third-order valence-electron chi connectivity index (χ3n) is 3.59. The van der Waals surface area contributed by atoms with Gasteiger partial charge in [0.25, 0.3) is 11.8 Å². The number of nitrogens with one attached hydrogen (secondary N) is 1. The minimum absolute atomic E-state index is 0.0845. The Morgan fingerprint density at radius 2 is 1.64 bits per heavy atom. The highest BCUT2D eigenvalue weighted by molar-refractivity contribution is 6.26. The number of aliphatic hydroxyl groups excluding tert-OH is 1. The standard InChI is InChI=1S/C16H14N2O4/c19-8-7-17-13(20)9-18-15(21)11-5-1-3-10-4-2-6-12(14(10)11)16(18)22/h1-6,19H,7-9H2,(H,17,20). The van der Waals surface area contributed by atoms with Crippen LogP contribution in [0.2, 0.25) is 0 Å². The molecule has 0 unspecified atom stereocenters. The van der Waals surface area contributed by atoms with Crippen LogP contribution in [0.3, 0.4) is 0 Å². The van der Waals surface area contributed by atoms with Crippen molar-refractivity contribution < 1.29 is 19.5 Å².